The largest absolute Gasteiger partial charge is 0.462 e. The lowest BCUT2D eigenvalue weighted by Gasteiger charge is -2.15. The van der Waals surface area contributed by atoms with Gasteiger partial charge >= 0.3 is 11.9 Å². The van der Waals surface area contributed by atoms with Gasteiger partial charge in [-0.25, -0.2) is 0 Å². The molecule has 0 aromatic rings. The van der Waals surface area contributed by atoms with Gasteiger partial charge in [-0.3, -0.25) is 9.59 Å². The summed E-state index contributed by atoms with van der Waals surface area (Å²) in [7, 11) is 0. The van der Waals surface area contributed by atoms with E-state index in [1.807, 2.05) is 0 Å². The molecule has 380 valence electrons. The number of hydrogen-bond acceptors (Lipinski definition) is 5. The molecule has 1 N–H and O–H groups in total. The van der Waals surface area contributed by atoms with Gasteiger partial charge < -0.3 is 14.6 Å². The van der Waals surface area contributed by atoms with Crippen molar-refractivity contribution in [3.8, 4) is 0 Å². The molecule has 5 nitrogen and oxygen atoms in total. The lowest BCUT2D eigenvalue weighted by atomic mass is 10.0. The summed E-state index contributed by atoms with van der Waals surface area (Å²) in [5, 5.41) is 9.66. The molecule has 0 fully saturated rings. The number of hydrogen-bond donors (Lipinski definition) is 1. The minimum absolute atomic E-state index is 0.0629. The first kappa shape index (κ1) is 62.9. The van der Waals surface area contributed by atoms with Gasteiger partial charge in [0.1, 0.15) is 6.61 Å². The van der Waals surface area contributed by atoms with Crippen LogP contribution in [-0.4, -0.2) is 36.4 Å². The van der Waals surface area contributed by atoms with Gasteiger partial charge in [-0.2, -0.15) is 0 Å². The first-order valence-corrected chi connectivity index (χ1v) is 28.7. The van der Waals surface area contributed by atoms with Gasteiger partial charge in [-0.1, -0.05) is 287 Å². The average molecular weight is 912 g/mol. The van der Waals surface area contributed by atoms with Crippen molar-refractivity contribution in [3.63, 3.8) is 0 Å². The maximum atomic E-state index is 12.3. The molecule has 0 aliphatic heterocycles. The quantitative estimate of drug-likeness (QED) is 0.0374. The van der Waals surface area contributed by atoms with E-state index in [9.17, 15) is 14.7 Å². The molecule has 0 aromatic heterocycles. The van der Waals surface area contributed by atoms with Crippen LogP contribution in [0.1, 0.15) is 303 Å². The molecule has 5 heteroatoms. The fourth-order valence-electron chi connectivity index (χ4n) is 8.61. The predicted molar refractivity (Wildman–Crippen MR) is 284 cm³/mol. The van der Waals surface area contributed by atoms with E-state index in [1.54, 1.807) is 0 Å². The summed E-state index contributed by atoms with van der Waals surface area (Å²) in [5.74, 6) is -0.578. The van der Waals surface area contributed by atoms with E-state index in [0.717, 1.165) is 57.8 Å². The van der Waals surface area contributed by atoms with Crippen molar-refractivity contribution in [2.24, 2.45) is 0 Å². The number of unbranched alkanes of at least 4 members (excludes halogenated alkanes) is 37. The fraction of sp³-hybridized carbons (Fsp3) is 0.833. The van der Waals surface area contributed by atoms with E-state index >= 15 is 0 Å². The first-order valence-electron chi connectivity index (χ1n) is 28.7. The summed E-state index contributed by atoms with van der Waals surface area (Å²) < 4.78 is 10.7. The Morgan fingerprint density at radius 2 is 0.662 bits per heavy atom. The summed E-state index contributed by atoms with van der Waals surface area (Å²) in [5.41, 5.74) is 0. The third kappa shape index (κ3) is 54.4. The number of aliphatic hydroxyl groups is 1. The van der Waals surface area contributed by atoms with Crippen molar-refractivity contribution in [1.82, 2.24) is 0 Å². The predicted octanol–water partition coefficient (Wildman–Crippen LogP) is 19.3. The highest BCUT2D eigenvalue weighted by Crippen LogP contribution is 2.17. The third-order valence-corrected chi connectivity index (χ3v) is 12.9. The molecule has 0 amide bonds. The zero-order valence-corrected chi connectivity index (χ0v) is 43.5. The topological polar surface area (TPSA) is 72.8 Å². The Labute approximate surface area is 405 Å². The zero-order valence-electron chi connectivity index (χ0n) is 43.5. The molecule has 1 atom stereocenters. The molecule has 0 saturated carbocycles. The minimum Gasteiger partial charge on any atom is -0.462 e. The van der Waals surface area contributed by atoms with Crippen LogP contribution in [0.2, 0.25) is 0 Å². The molecule has 0 rings (SSSR count). The highest BCUT2D eigenvalue weighted by Gasteiger charge is 2.16. The molecule has 0 saturated heterocycles. The van der Waals surface area contributed by atoms with Gasteiger partial charge in [0.25, 0.3) is 0 Å². The third-order valence-electron chi connectivity index (χ3n) is 12.9. The average Bonchev–Trinajstić information content (AvgIpc) is 3.31. The molecule has 0 spiro atoms. The Kier molecular flexibility index (Phi) is 54.3. The first-order chi connectivity index (χ1) is 32.1. The molecule has 65 heavy (non-hydrogen) atoms. The van der Waals surface area contributed by atoms with Crippen LogP contribution in [0, 0.1) is 0 Å². The SMILES string of the molecule is CC/C=C\C/C=C\C/C=C\C/C=C\CCCCCCCCCCCCCCC(=O)OC(CO)COC(=O)CCCCCCCCCCCCCCCCCCCCCCCCCCCC. The highest BCUT2D eigenvalue weighted by molar-refractivity contribution is 5.70. The van der Waals surface area contributed by atoms with Crippen molar-refractivity contribution in [2.75, 3.05) is 13.2 Å². The maximum absolute atomic E-state index is 12.3. The molecule has 0 radical (unpaired) electrons. The van der Waals surface area contributed by atoms with Crippen molar-refractivity contribution < 1.29 is 24.2 Å². The van der Waals surface area contributed by atoms with Crippen LogP contribution in [0.15, 0.2) is 48.6 Å². The van der Waals surface area contributed by atoms with E-state index in [1.165, 1.54) is 218 Å². The molecule has 0 aliphatic carbocycles. The van der Waals surface area contributed by atoms with E-state index in [4.69, 9.17) is 9.47 Å². The summed E-state index contributed by atoms with van der Waals surface area (Å²) in [6.45, 7) is 4.07. The van der Waals surface area contributed by atoms with E-state index in [0.29, 0.717) is 12.8 Å². The van der Waals surface area contributed by atoms with Crippen LogP contribution in [0.3, 0.4) is 0 Å². The molecular weight excluding hydrogens is 801 g/mol. The number of ether oxygens (including phenoxy) is 2. The van der Waals surface area contributed by atoms with Gasteiger partial charge in [0.2, 0.25) is 0 Å². The number of rotatable bonds is 53. The van der Waals surface area contributed by atoms with Gasteiger partial charge in [-0.05, 0) is 51.4 Å². The molecule has 0 aromatic carbocycles. The van der Waals surface area contributed by atoms with Crippen LogP contribution in [0.4, 0.5) is 0 Å². The molecule has 0 aliphatic rings. The normalized spacial score (nSPS) is 12.5. The van der Waals surface area contributed by atoms with Crippen molar-refractivity contribution in [1.29, 1.82) is 0 Å². The Morgan fingerprint density at radius 1 is 0.369 bits per heavy atom. The Bertz CT molecular complexity index is 1080. The van der Waals surface area contributed by atoms with Crippen LogP contribution >= 0.6 is 0 Å². The summed E-state index contributed by atoms with van der Waals surface area (Å²) in [4.78, 5) is 24.5. The summed E-state index contributed by atoms with van der Waals surface area (Å²) >= 11 is 0. The highest BCUT2D eigenvalue weighted by atomic mass is 16.6. The van der Waals surface area contributed by atoms with Crippen LogP contribution in [-0.2, 0) is 19.1 Å². The van der Waals surface area contributed by atoms with Gasteiger partial charge in [0, 0.05) is 12.8 Å². The number of carbonyl (C=O) groups is 2. The second-order valence-corrected chi connectivity index (χ2v) is 19.3. The smallest absolute Gasteiger partial charge is 0.306 e. The second kappa shape index (κ2) is 56.2. The lowest BCUT2D eigenvalue weighted by Crippen LogP contribution is -2.28. The van der Waals surface area contributed by atoms with Crippen LogP contribution in [0.25, 0.3) is 0 Å². The van der Waals surface area contributed by atoms with Crippen molar-refractivity contribution >= 4 is 11.9 Å². The molecule has 0 bridgehead atoms. The van der Waals surface area contributed by atoms with Crippen LogP contribution in [0.5, 0.6) is 0 Å². The van der Waals surface area contributed by atoms with Gasteiger partial charge in [-0.15, -0.1) is 0 Å². The Morgan fingerprint density at radius 3 is 1.00 bits per heavy atom. The number of aliphatic hydroxyl groups excluding tert-OH is 1. The number of esters is 2. The minimum atomic E-state index is -0.772. The van der Waals surface area contributed by atoms with Gasteiger partial charge in [0.15, 0.2) is 6.10 Å². The van der Waals surface area contributed by atoms with Crippen molar-refractivity contribution in [2.45, 2.75) is 309 Å². The van der Waals surface area contributed by atoms with Crippen LogP contribution < -0.4 is 0 Å². The van der Waals surface area contributed by atoms with E-state index in [-0.39, 0.29) is 25.2 Å². The summed E-state index contributed by atoms with van der Waals surface area (Å²) in [6.07, 6.45) is 73.8. The van der Waals surface area contributed by atoms with E-state index < -0.39 is 6.10 Å². The fourth-order valence-corrected chi connectivity index (χ4v) is 8.61. The lowest BCUT2D eigenvalue weighted by molar-refractivity contribution is -0.161. The molecule has 0 heterocycles. The standard InChI is InChI=1S/C60H110O5/c1-3-5-7-9-11-13-15-17-19-21-23-25-27-29-31-32-34-36-38-40-42-44-46-48-50-52-54-59(62)64-57-58(56-61)65-60(63)55-53-51-49-47-45-43-41-39-37-35-33-30-28-26-24-22-20-18-16-14-12-10-8-6-4-2/h6,8,12,14,18,20,24,26,58,61H,3-5,7,9-11,13,15-17,19,21-23,25,27-57H2,1-2H3/b8-6-,14-12-,20-18-,26-24-. The number of allylic oxidation sites excluding steroid dienone is 8. The second-order valence-electron chi connectivity index (χ2n) is 19.3. The van der Waals surface area contributed by atoms with Crippen molar-refractivity contribution in [3.05, 3.63) is 48.6 Å². The van der Waals surface area contributed by atoms with Gasteiger partial charge in [0.05, 0.1) is 6.61 Å². The monoisotopic (exact) mass is 911 g/mol. The summed E-state index contributed by atoms with van der Waals surface area (Å²) in [6, 6.07) is 0. The number of carbonyl (C=O) groups excluding carboxylic acids is 2. The Hall–Kier alpha value is -2.14. The molecule has 1 unspecified atom stereocenters. The zero-order chi connectivity index (χ0) is 47.0. The Balaban J connectivity index is 3.44. The maximum Gasteiger partial charge on any atom is 0.306 e. The molecular formula is C60H110O5. The van der Waals surface area contributed by atoms with E-state index in [2.05, 4.69) is 62.5 Å².